The van der Waals surface area contributed by atoms with Crippen molar-refractivity contribution in [3.8, 4) is 0 Å². The Labute approximate surface area is 158 Å². The smallest absolute Gasteiger partial charge is 0.246 e. The van der Waals surface area contributed by atoms with Crippen LogP contribution in [0.4, 0.5) is 5.95 Å². The summed E-state index contributed by atoms with van der Waals surface area (Å²) in [5.41, 5.74) is 0.710. The second kappa shape index (κ2) is 6.81. The first kappa shape index (κ1) is 17.7. The highest BCUT2D eigenvalue weighted by Gasteiger charge is 2.53. The van der Waals surface area contributed by atoms with Crippen LogP contribution in [0.15, 0.2) is 36.4 Å². The number of rotatable bonds is 4. The molecule has 1 aromatic heterocycles. The van der Waals surface area contributed by atoms with Gasteiger partial charge in [-0.2, -0.15) is 10.1 Å². The molecule has 1 aromatic carbocycles. The minimum absolute atomic E-state index is 0.00197. The van der Waals surface area contributed by atoms with Gasteiger partial charge < -0.3 is 14.9 Å². The van der Waals surface area contributed by atoms with Crippen LogP contribution < -0.4 is 4.90 Å². The zero-order valence-electron chi connectivity index (χ0n) is 15.7. The molecule has 0 saturated carbocycles. The predicted octanol–water partition coefficient (Wildman–Crippen LogP) is 1.09. The van der Waals surface area contributed by atoms with Crippen molar-refractivity contribution in [1.82, 2.24) is 19.7 Å². The van der Waals surface area contributed by atoms with Gasteiger partial charge in [0.25, 0.3) is 0 Å². The number of aliphatic hydroxyl groups is 1. The van der Waals surface area contributed by atoms with Crippen LogP contribution in [0.25, 0.3) is 6.08 Å². The number of amides is 1. The first-order valence-electron chi connectivity index (χ1n) is 9.26. The van der Waals surface area contributed by atoms with E-state index in [1.165, 1.54) is 0 Å². The molecule has 7 heteroatoms. The Kier molecular flexibility index (Phi) is 4.47. The van der Waals surface area contributed by atoms with Gasteiger partial charge >= 0.3 is 0 Å². The van der Waals surface area contributed by atoms with Gasteiger partial charge in [-0.05, 0) is 18.6 Å². The van der Waals surface area contributed by atoms with E-state index in [0.29, 0.717) is 19.6 Å². The Bertz CT molecular complexity index is 863. The third-order valence-corrected chi connectivity index (χ3v) is 5.73. The Morgan fingerprint density at radius 1 is 1.30 bits per heavy atom. The van der Waals surface area contributed by atoms with Crippen molar-refractivity contribution in [2.24, 2.45) is 18.4 Å². The number of fused-ring (bicyclic) bond motifs is 1. The molecule has 2 saturated heterocycles. The molecule has 0 spiro atoms. The molecule has 1 N–H and O–H groups in total. The number of anilines is 1. The number of hydrogen-bond donors (Lipinski definition) is 1. The molecule has 27 heavy (non-hydrogen) atoms. The number of hydrogen-bond acceptors (Lipinski definition) is 5. The van der Waals surface area contributed by atoms with E-state index in [9.17, 15) is 9.90 Å². The van der Waals surface area contributed by atoms with Gasteiger partial charge in [0, 0.05) is 50.6 Å². The zero-order chi connectivity index (χ0) is 19.0. The number of carbonyl (C=O) groups excluding carboxylic acids is 1. The molecular formula is C20H25N5O2. The third-order valence-electron chi connectivity index (χ3n) is 5.73. The third kappa shape index (κ3) is 3.23. The van der Waals surface area contributed by atoms with E-state index in [1.807, 2.05) is 55.3 Å². The Morgan fingerprint density at radius 2 is 2.07 bits per heavy atom. The van der Waals surface area contributed by atoms with E-state index >= 15 is 0 Å². The van der Waals surface area contributed by atoms with Crippen LogP contribution in [-0.2, 0) is 11.8 Å². The summed E-state index contributed by atoms with van der Waals surface area (Å²) in [6.45, 7) is 4.63. The lowest BCUT2D eigenvalue weighted by molar-refractivity contribution is -0.125. The number of nitrogens with zero attached hydrogens (tertiary/aromatic N) is 5. The summed E-state index contributed by atoms with van der Waals surface area (Å²) in [4.78, 5) is 21.2. The van der Waals surface area contributed by atoms with Gasteiger partial charge in [0.1, 0.15) is 5.82 Å². The first-order valence-corrected chi connectivity index (χ1v) is 9.26. The maximum Gasteiger partial charge on any atom is 0.246 e. The lowest BCUT2D eigenvalue weighted by atomic mass is 9.82. The van der Waals surface area contributed by atoms with Crippen LogP contribution in [0.3, 0.4) is 0 Å². The number of likely N-dealkylation sites (tertiary alicyclic amines) is 1. The lowest BCUT2D eigenvalue weighted by Gasteiger charge is -2.27. The predicted molar refractivity (Wildman–Crippen MR) is 103 cm³/mol. The molecule has 2 aliphatic heterocycles. The summed E-state index contributed by atoms with van der Waals surface area (Å²) in [5, 5.41) is 14.5. The van der Waals surface area contributed by atoms with Crippen LogP contribution in [0, 0.1) is 18.3 Å². The maximum absolute atomic E-state index is 12.6. The molecule has 2 atom stereocenters. The summed E-state index contributed by atoms with van der Waals surface area (Å²) in [7, 11) is 1.89. The van der Waals surface area contributed by atoms with Crippen molar-refractivity contribution in [1.29, 1.82) is 0 Å². The summed E-state index contributed by atoms with van der Waals surface area (Å²) >= 11 is 0. The quantitative estimate of drug-likeness (QED) is 0.819. The molecule has 2 aliphatic rings. The summed E-state index contributed by atoms with van der Waals surface area (Å²) in [5.74, 6) is 1.80. The summed E-state index contributed by atoms with van der Waals surface area (Å²) < 4.78 is 1.78. The fraction of sp³-hybridized carbons (Fsp3) is 0.450. The van der Waals surface area contributed by atoms with Crippen LogP contribution >= 0.6 is 0 Å². The summed E-state index contributed by atoms with van der Waals surface area (Å²) in [6.07, 6.45) is 3.47. The number of aromatic nitrogens is 3. The van der Waals surface area contributed by atoms with Crippen molar-refractivity contribution >= 4 is 17.9 Å². The Hall–Kier alpha value is -2.67. The fourth-order valence-corrected chi connectivity index (χ4v) is 4.34. The van der Waals surface area contributed by atoms with Crippen LogP contribution in [0.5, 0.6) is 0 Å². The van der Waals surface area contributed by atoms with Gasteiger partial charge in [0.15, 0.2) is 0 Å². The molecule has 3 heterocycles. The molecule has 142 valence electrons. The van der Waals surface area contributed by atoms with E-state index in [1.54, 1.807) is 10.8 Å². The highest BCUT2D eigenvalue weighted by Crippen LogP contribution is 2.43. The number of aryl methyl sites for hydroxylation is 2. The Balaban J connectivity index is 1.46. The van der Waals surface area contributed by atoms with E-state index in [4.69, 9.17) is 0 Å². The zero-order valence-corrected chi connectivity index (χ0v) is 15.7. The molecule has 2 aromatic rings. The highest BCUT2D eigenvalue weighted by molar-refractivity contribution is 5.92. The molecule has 0 bridgehead atoms. The average Bonchev–Trinajstić information content (AvgIpc) is 3.30. The van der Waals surface area contributed by atoms with Crippen molar-refractivity contribution in [3.63, 3.8) is 0 Å². The van der Waals surface area contributed by atoms with Gasteiger partial charge in [-0.3, -0.25) is 4.79 Å². The average molecular weight is 367 g/mol. The van der Waals surface area contributed by atoms with Gasteiger partial charge in [0.2, 0.25) is 11.9 Å². The molecule has 7 nitrogen and oxygen atoms in total. The van der Waals surface area contributed by atoms with Crippen LogP contribution in [0.2, 0.25) is 0 Å². The fourth-order valence-electron chi connectivity index (χ4n) is 4.34. The van der Waals surface area contributed by atoms with E-state index in [-0.39, 0.29) is 23.8 Å². The SMILES string of the molecule is Cc1nc(N2C[C@H]3CN(C(=O)/C=C/c4ccccc4)C[C@@]3(CO)C2)n(C)n1. The summed E-state index contributed by atoms with van der Waals surface area (Å²) in [6, 6.07) is 9.80. The van der Waals surface area contributed by atoms with E-state index < -0.39 is 0 Å². The Morgan fingerprint density at radius 3 is 2.70 bits per heavy atom. The molecule has 4 rings (SSSR count). The minimum Gasteiger partial charge on any atom is -0.396 e. The molecule has 1 amide bonds. The second-order valence-corrected chi connectivity index (χ2v) is 7.64. The van der Waals surface area contributed by atoms with Gasteiger partial charge in [-0.15, -0.1) is 0 Å². The van der Waals surface area contributed by atoms with Gasteiger partial charge in [0.05, 0.1) is 6.61 Å². The number of carbonyl (C=O) groups is 1. The van der Waals surface area contributed by atoms with Crippen molar-refractivity contribution in [2.45, 2.75) is 6.92 Å². The minimum atomic E-state index is -0.296. The number of aliphatic hydroxyl groups excluding tert-OH is 1. The topological polar surface area (TPSA) is 74.5 Å². The van der Waals surface area contributed by atoms with E-state index in [2.05, 4.69) is 15.0 Å². The van der Waals surface area contributed by atoms with Crippen molar-refractivity contribution in [2.75, 3.05) is 37.7 Å². The van der Waals surface area contributed by atoms with Crippen LogP contribution in [0.1, 0.15) is 11.4 Å². The largest absolute Gasteiger partial charge is 0.396 e. The van der Waals surface area contributed by atoms with E-state index in [0.717, 1.165) is 23.9 Å². The molecule has 0 unspecified atom stereocenters. The first-order chi connectivity index (χ1) is 13.0. The monoisotopic (exact) mass is 367 g/mol. The van der Waals surface area contributed by atoms with Crippen LogP contribution in [-0.4, -0.2) is 63.5 Å². The molecule has 0 radical (unpaired) electrons. The normalized spacial score (nSPS) is 24.8. The van der Waals surface area contributed by atoms with Gasteiger partial charge in [-0.1, -0.05) is 30.3 Å². The number of benzene rings is 1. The molecular weight excluding hydrogens is 342 g/mol. The van der Waals surface area contributed by atoms with Crippen molar-refractivity contribution in [3.05, 3.63) is 47.8 Å². The maximum atomic E-state index is 12.6. The molecule has 2 fully saturated rings. The van der Waals surface area contributed by atoms with Crippen molar-refractivity contribution < 1.29 is 9.90 Å². The highest BCUT2D eigenvalue weighted by atomic mass is 16.3. The lowest BCUT2D eigenvalue weighted by Crippen LogP contribution is -2.39. The standard InChI is InChI=1S/C20H25N5O2/c1-15-21-19(23(2)22-15)25-11-17-10-24(12-20(17,13-25)14-26)18(27)9-8-16-6-4-3-5-7-16/h3-9,17,26H,10-14H2,1-2H3/b9-8+/t17-,20+/m1/s1. The molecule has 0 aliphatic carbocycles. The van der Waals surface area contributed by atoms with Gasteiger partial charge in [-0.25, -0.2) is 4.68 Å². The second-order valence-electron chi connectivity index (χ2n) is 7.64.